The van der Waals surface area contributed by atoms with E-state index in [9.17, 15) is 14.7 Å². The second-order valence-corrected chi connectivity index (χ2v) is 17.3. The lowest BCUT2D eigenvalue weighted by Crippen LogP contribution is -2.59. The normalized spacial score (nSPS) is 24.8. The highest BCUT2D eigenvalue weighted by Gasteiger charge is 2.56. The molecule has 3 N–H and O–H groups in total. The zero-order chi connectivity index (χ0) is 37.4. The van der Waals surface area contributed by atoms with Gasteiger partial charge in [-0.25, -0.2) is 9.97 Å². The largest absolute Gasteiger partial charge is 0.378 e. The molecular weight excluding hydrogens is 689 g/mol. The van der Waals surface area contributed by atoms with Crippen LogP contribution in [0.1, 0.15) is 105 Å². The molecule has 1 spiro atoms. The van der Waals surface area contributed by atoms with Gasteiger partial charge in [-0.2, -0.15) is 0 Å². The number of carbonyl (C=O) groups is 2. The molecule has 2 aromatic carbocycles. The molecule has 2 amide bonds. The summed E-state index contributed by atoms with van der Waals surface area (Å²) >= 11 is 0. The summed E-state index contributed by atoms with van der Waals surface area (Å²) in [7, 11) is 1.65. The first kappa shape index (κ1) is 35.1. The number of aliphatic hydroxyl groups is 1. The molecule has 3 saturated carbocycles. The van der Waals surface area contributed by atoms with Crippen LogP contribution in [0.2, 0.25) is 0 Å². The van der Waals surface area contributed by atoms with Crippen LogP contribution in [-0.4, -0.2) is 92.8 Å². The summed E-state index contributed by atoms with van der Waals surface area (Å²) in [5, 5.41) is 17.5. The molecular formula is C44H54N8O3. The standard InChI is InChI=1S/C44H54N8O3/c1-27-9-11-30(22-34(27)41(53)45-2)47-40-39-37(46-26-51(39)31-12-13-31)25-36(48-40)29-10-14-35-38(21-29)52(33-23-32(24-33)49-17-4-3-5-18-49)43(55)44(35)15-19-50(20-16-44)42(54)28-7-6-8-28/h9-11,14,21-22,25-26,28,31-33,42,54H,3-8,12-13,15-20,23-24H2,1-2H3,(H,45,53)(H,47,48). The molecule has 3 aliphatic carbocycles. The van der Waals surface area contributed by atoms with Crippen LogP contribution in [0, 0.1) is 12.8 Å². The Morgan fingerprint density at radius 2 is 1.69 bits per heavy atom. The van der Waals surface area contributed by atoms with Gasteiger partial charge in [0.15, 0.2) is 5.82 Å². The number of nitrogens with zero attached hydrogens (tertiary/aromatic N) is 6. The highest BCUT2D eigenvalue weighted by Crippen LogP contribution is 2.53. The monoisotopic (exact) mass is 742 g/mol. The number of imidazole rings is 1. The van der Waals surface area contributed by atoms with Crippen LogP contribution in [0.25, 0.3) is 22.3 Å². The number of likely N-dealkylation sites (tertiary alicyclic amines) is 2. The predicted molar refractivity (Wildman–Crippen MR) is 215 cm³/mol. The van der Waals surface area contributed by atoms with Gasteiger partial charge in [-0.05, 0) is 126 Å². The van der Waals surface area contributed by atoms with Gasteiger partial charge in [-0.3, -0.25) is 14.5 Å². The van der Waals surface area contributed by atoms with Gasteiger partial charge >= 0.3 is 0 Å². The van der Waals surface area contributed by atoms with Gasteiger partial charge in [-0.15, -0.1) is 0 Å². The maximum atomic E-state index is 15.0. The van der Waals surface area contributed by atoms with Gasteiger partial charge in [0.1, 0.15) is 11.7 Å². The van der Waals surface area contributed by atoms with Crippen LogP contribution in [0.5, 0.6) is 0 Å². The minimum atomic E-state index is -0.568. The van der Waals surface area contributed by atoms with Gasteiger partial charge < -0.3 is 30.1 Å². The molecule has 0 radical (unpaired) electrons. The van der Waals surface area contributed by atoms with Crippen molar-refractivity contribution in [1.82, 2.24) is 29.7 Å². The Morgan fingerprint density at radius 3 is 2.40 bits per heavy atom. The number of benzene rings is 2. The van der Waals surface area contributed by atoms with Gasteiger partial charge in [0, 0.05) is 60.8 Å². The molecule has 11 heteroatoms. The van der Waals surface area contributed by atoms with Crippen LogP contribution in [-0.2, 0) is 10.2 Å². The van der Waals surface area contributed by atoms with Crippen molar-refractivity contribution in [2.24, 2.45) is 5.92 Å². The van der Waals surface area contributed by atoms with Crippen LogP contribution >= 0.6 is 0 Å². The van der Waals surface area contributed by atoms with Crippen molar-refractivity contribution in [3.8, 4) is 11.3 Å². The molecule has 0 bridgehead atoms. The maximum Gasteiger partial charge on any atom is 0.251 e. The molecule has 2 aromatic heterocycles. The third kappa shape index (κ3) is 5.96. The van der Waals surface area contributed by atoms with Crippen molar-refractivity contribution in [2.75, 3.05) is 43.4 Å². The number of pyridine rings is 1. The number of hydrogen-bond donors (Lipinski definition) is 3. The van der Waals surface area contributed by atoms with E-state index in [1.54, 1.807) is 7.05 Å². The van der Waals surface area contributed by atoms with E-state index in [0.29, 0.717) is 29.4 Å². The van der Waals surface area contributed by atoms with Gasteiger partial charge in [0.25, 0.3) is 5.91 Å². The molecule has 1 unspecified atom stereocenters. The fourth-order valence-corrected chi connectivity index (χ4v) is 10.3. The van der Waals surface area contributed by atoms with Gasteiger partial charge in [-0.1, -0.05) is 31.0 Å². The first-order chi connectivity index (χ1) is 26.8. The summed E-state index contributed by atoms with van der Waals surface area (Å²) in [5.74, 6) is 1.19. The average molecular weight is 743 g/mol. The van der Waals surface area contributed by atoms with E-state index in [1.807, 2.05) is 31.5 Å². The number of piperidine rings is 2. The molecule has 10 rings (SSSR count). The summed E-state index contributed by atoms with van der Waals surface area (Å²) in [6.45, 7) is 5.75. The second-order valence-electron chi connectivity index (χ2n) is 17.3. The minimum Gasteiger partial charge on any atom is -0.378 e. The molecule has 5 fully saturated rings. The Morgan fingerprint density at radius 1 is 0.909 bits per heavy atom. The number of anilines is 3. The Labute approximate surface area is 323 Å². The fourth-order valence-electron chi connectivity index (χ4n) is 10.3. The molecule has 1 atom stereocenters. The lowest BCUT2D eigenvalue weighted by atomic mass is 9.72. The smallest absolute Gasteiger partial charge is 0.251 e. The first-order valence-corrected chi connectivity index (χ1v) is 20.9. The minimum absolute atomic E-state index is 0.125. The summed E-state index contributed by atoms with van der Waals surface area (Å²) in [6.07, 6.45) is 14.5. The number of hydrogen-bond acceptors (Lipinski definition) is 8. The van der Waals surface area contributed by atoms with Gasteiger partial charge in [0.2, 0.25) is 5.91 Å². The van der Waals surface area contributed by atoms with Crippen LogP contribution in [0.15, 0.2) is 48.8 Å². The number of aryl methyl sites for hydroxylation is 1. The van der Waals surface area contributed by atoms with Crippen molar-refractivity contribution < 1.29 is 14.7 Å². The van der Waals surface area contributed by atoms with Crippen molar-refractivity contribution in [3.05, 3.63) is 65.5 Å². The zero-order valence-electron chi connectivity index (χ0n) is 32.3. The highest BCUT2D eigenvalue weighted by atomic mass is 16.3. The Balaban J connectivity index is 1.01. The lowest BCUT2D eigenvalue weighted by Gasteiger charge is -2.48. The predicted octanol–water partition coefficient (Wildman–Crippen LogP) is 6.66. The quantitative estimate of drug-likeness (QED) is 0.174. The molecule has 4 aromatic rings. The second kappa shape index (κ2) is 13.7. The summed E-state index contributed by atoms with van der Waals surface area (Å²) in [4.78, 5) is 44.9. The molecule has 6 aliphatic rings. The fraction of sp³-hybridized carbons (Fsp3) is 0.545. The molecule has 2 saturated heterocycles. The number of nitrogens with one attached hydrogen (secondary N) is 2. The number of rotatable bonds is 9. The van der Waals surface area contributed by atoms with E-state index < -0.39 is 11.6 Å². The number of aromatic nitrogens is 3. The van der Waals surface area contributed by atoms with Crippen LogP contribution < -0.4 is 15.5 Å². The lowest BCUT2D eigenvalue weighted by molar-refractivity contribution is -0.129. The third-order valence-corrected chi connectivity index (χ3v) is 14.1. The zero-order valence-corrected chi connectivity index (χ0v) is 32.3. The maximum absolute atomic E-state index is 15.0. The SMILES string of the molecule is CNC(=O)c1cc(Nc2nc(-c3ccc4c(c3)N(C3CC(N5CCCCC5)C3)C(=O)C43CCN(C(O)C4CCC4)CC3)cc3ncn(C4CC4)c23)ccc1C. The van der Waals surface area contributed by atoms with Crippen molar-refractivity contribution >= 4 is 40.0 Å². The van der Waals surface area contributed by atoms with E-state index in [1.165, 1.54) is 38.8 Å². The molecule has 11 nitrogen and oxygen atoms in total. The van der Waals surface area contributed by atoms with Crippen molar-refractivity contribution in [1.29, 1.82) is 0 Å². The number of fused-ring (bicyclic) bond motifs is 3. The van der Waals surface area contributed by atoms with Crippen LogP contribution in [0.4, 0.5) is 17.2 Å². The first-order valence-electron chi connectivity index (χ1n) is 20.9. The van der Waals surface area contributed by atoms with Crippen molar-refractivity contribution in [3.63, 3.8) is 0 Å². The molecule has 5 heterocycles. The number of amides is 2. The summed E-state index contributed by atoms with van der Waals surface area (Å²) in [5.41, 5.74) is 7.49. The van der Waals surface area contributed by atoms with E-state index in [0.717, 1.165) is 109 Å². The van der Waals surface area contributed by atoms with E-state index in [2.05, 4.69) is 54.2 Å². The Kier molecular flexibility index (Phi) is 8.75. The summed E-state index contributed by atoms with van der Waals surface area (Å²) < 4.78 is 2.23. The van der Waals surface area contributed by atoms with E-state index in [-0.39, 0.29) is 17.9 Å². The van der Waals surface area contributed by atoms with Crippen LogP contribution in [0.3, 0.4) is 0 Å². The highest BCUT2D eigenvalue weighted by molar-refractivity contribution is 6.09. The van der Waals surface area contributed by atoms with Crippen molar-refractivity contribution in [2.45, 2.75) is 114 Å². The van der Waals surface area contributed by atoms with Gasteiger partial charge in [0.05, 0.1) is 23.0 Å². The number of aliphatic hydroxyl groups excluding tert-OH is 1. The number of carbonyl (C=O) groups excluding carboxylic acids is 2. The Hall–Kier alpha value is -4.32. The third-order valence-electron chi connectivity index (χ3n) is 14.1. The molecule has 3 aliphatic heterocycles. The van der Waals surface area contributed by atoms with E-state index in [4.69, 9.17) is 9.97 Å². The average Bonchev–Trinajstić information content (AvgIpc) is 3.88. The summed E-state index contributed by atoms with van der Waals surface area (Å²) in [6, 6.07) is 15.6. The molecule has 288 valence electrons. The topological polar surface area (TPSA) is 119 Å². The Bertz CT molecular complexity index is 2140. The van der Waals surface area contributed by atoms with E-state index >= 15 is 0 Å². The molecule has 55 heavy (non-hydrogen) atoms.